The van der Waals surface area contributed by atoms with E-state index in [9.17, 15) is 9.59 Å². The zero-order valence-electron chi connectivity index (χ0n) is 18.0. The molecule has 1 atom stereocenters. The van der Waals surface area contributed by atoms with Crippen molar-refractivity contribution in [2.45, 2.75) is 39.7 Å². The lowest BCUT2D eigenvalue weighted by Crippen LogP contribution is -2.47. The summed E-state index contributed by atoms with van der Waals surface area (Å²) in [6.45, 7) is 11.1. The molecule has 0 radical (unpaired) electrons. The number of carbonyl (C=O) groups is 2. The first kappa shape index (κ1) is 22.1. The molecule has 160 valence electrons. The van der Waals surface area contributed by atoms with Gasteiger partial charge >= 0.3 is 0 Å². The monoisotopic (exact) mass is 426 g/mol. The minimum Gasteiger partial charge on any atom is -0.491 e. The molecule has 0 N–H and O–H groups in total. The quantitative estimate of drug-likeness (QED) is 0.592. The topological polar surface area (TPSA) is 49.9 Å². The molecular weight excluding hydrogens is 396 g/mol. The SMILES string of the molecule is C=CCN(CC(=O)N1CCc2sccc2[C@@H]1COc1ccc(C)cc1C)C(=O)CC. The van der Waals surface area contributed by atoms with E-state index in [2.05, 4.69) is 31.0 Å². The van der Waals surface area contributed by atoms with Gasteiger partial charge in [0.15, 0.2) is 0 Å². The van der Waals surface area contributed by atoms with Gasteiger partial charge in [-0.25, -0.2) is 0 Å². The van der Waals surface area contributed by atoms with Crippen LogP contribution in [0, 0.1) is 13.8 Å². The third-order valence-electron chi connectivity index (χ3n) is 5.47. The largest absolute Gasteiger partial charge is 0.491 e. The van der Waals surface area contributed by atoms with Crippen LogP contribution in [0.4, 0.5) is 0 Å². The summed E-state index contributed by atoms with van der Waals surface area (Å²) in [6, 6.07) is 8.05. The van der Waals surface area contributed by atoms with Crippen molar-refractivity contribution < 1.29 is 14.3 Å². The lowest BCUT2D eigenvalue weighted by atomic mass is 10.00. The van der Waals surface area contributed by atoms with Crippen molar-refractivity contribution in [1.82, 2.24) is 9.80 Å². The van der Waals surface area contributed by atoms with Gasteiger partial charge < -0.3 is 14.5 Å². The van der Waals surface area contributed by atoms with E-state index < -0.39 is 0 Å². The van der Waals surface area contributed by atoms with Gasteiger partial charge in [-0.1, -0.05) is 30.7 Å². The highest BCUT2D eigenvalue weighted by atomic mass is 32.1. The molecule has 0 aliphatic carbocycles. The third-order valence-corrected chi connectivity index (χ3v) is 6.47. The van der Waals surface area contributed by atoms with Gasteiger partial charge in [-0.05, 0) is 48.9 Å². The molecule has 3 rings (SSSR count). The molecule has 2 heterocycles. The number of nitrogens with zero attached hydrogens (tertiary/aromatic N) is 2. The fraction of sp³-hybridized carbons (Fsp3) is 0.417. The van der Waals surface area contributed by atoms with Crippen molar-refractivity contribution >= 4 is 23.2 Å². The van der Waals surface area contributed by atoms with Crippen LogP contribution in [0.1, 0.15) is 41.0 Å². The molecule has 0 saturated heterocycles. The first-order valence-corrected chi connectivity index (χ1v) is 11.3. The fourth-order valence-electron chi connectivity index (χ4n) is 3.89. The summed E-state index contributed by atoms with van der Waals surface area (Å²) in [6.07, 6.45) is 2.87. The number of rotatable bonds is 8. The molecular formula is C24H30N2O3S. The Bertz CT molecular complexity index is 921. The Morgan fingerprint density at radius 2 is 2.13 bits per heavy atom. The molecule has 30 heavy (non-hydrogen) atoms. The van der Waals surface area contributed by atoms with Crippen LogP contribution in [0.2, 0.25) is 0 Å². The van der Waals surface area contributed by atoms with Crippen LogP contribution in [0.3, 0.4) is 0 Å². The zero-order chi connectivity index (χ0) is 21.7. The van der Waals surface area contributed by atoms with Crippen molar-refractivity contribution in [2.24, 2.45) is 0 Å². The van der Waals surface area contributed by atoms with Crippen molar-refractivity contribution in [2.75, 3.05) is 26.2 Å². The second kappa shape index (κ2) is 9.94. The molecule has 0 bridgehead atoms. The molecule has 5 nitrogen and oxygen atoms in total. The predicted octanol–water partition coefficient (Wildman–Crippen LogP) is 4.29. The number of amides is 2. The van der Waals surface area contributed by atoms with E-state index in [-0.39, 0.29) is 24.4 Å². The molecule has 2 amide bonds. The highest BCUT2D eigenvalue weighted by Crippen LogP contribution is 2.34. The van der Waals surface area contributed by atoms with Crippen molar-refractivity contribution in [1.29, 1.82) is 0 Å². The van der Waals surface area contributed by atoms with Gasteiger partial charge in [0.2, 0.25) is 11.8 Å². The Balaban J connectivity index is 1.79. The summed E-state index contributed by atoms with van der Waals surface area (Å²) >= 11 is 1.73. The summed E-state index contributed by atoms with van der Waals surface area (Å²) < 4.78 is 6.17. The summed E-state index contributed by atoms with van der Waals surface area (Å²) in [5.41, 5.74) is 3.43. The van der Waals surface area contributed by atoms with Crippen LogP contribution >= 0.6 is 11.3 Å². The average molecular weight is 427 g/mol. The lowest BCUT2D eigenvalue weighted by Gasteiger charge is -2.37. The van der Waals surface area contributed by atoms with Crippen LogP contribution in [0.5, 0.6) is 5.75 Å². The van der Waals surface area contributed by atoms with Gasteiger partial charge in [0.05, 0.1) is 6.04 Å². The summed E-state index contributed by atoms with van der Waals surface area (Å²) in [4.78, 5) is 30.2. The van der Waals surface area contributed by atoms with E-state index in [0.717, 1.165) is 23.3 Å². The molecule has 6 heteroatoms. The van der Waals surface area contributed by atoms with E-state index in [4.69, 9.17) is 4.74 Å². The van der Waals surface area contributed by atoms with Gasteiger partial charge in [0.1, 0.15) is 18.9 Å². The number of carbonyl (C=O) groups excluding carboxylic acids is 2. The van der Waals surface area contributed by atoms with Gasteiger partial charge in [-0.3, -0.25) is 9.59 Å². The molecule has 0 saturated carbocycles. The number of benzene rings is 1. The smallest absolute Gasteiger partial charge is 0.242 e. The lowest BCUT2D eigenvalue weighted by molar-refractivity contribution is -0.142. The van der Waals surface area contributed by atoms with Crippen LogP contribution in [-0.4, -0.2) is 47.9 Å². The first-order chi connectivity index (χ1) is 14.4. The first-order valence-electron chi connectivity index (χ1n) is 10.4. The second-order valence-electron chi connectivity index (χ2n) is 7.65. The Morgan fingerprint density at radius 1 is 1.33 bits per heavy atom. The molecule has 1 aliphatic heterocycles. The predicted molar refractivity (Wildman–Crippen MR) is 121 cm³/mol. The van der Waals surface area contributed by atoms with E-state index in [1.54, 1.807) is 22.3 Å². The highest BCUT2D eigenvalue weighted by molar-refractivity contribution is 7.10. The molecule has 1 aliphatic rings. The maximum absolute atomic E-state index is 13.2. The molecule has 2 aromatic rings. The Kier molecular flexibility index (Phi) is 7.32. The van der Waals surface area contributed by atoms with E-state index in [0.29, 0.717) is 26.1 Å². The standard InChI is InChI=1S/C24H30N2O3S/c1-5-11-25(23(27)6-2)15-24(28)26-12-9-22-19(10-13-30-22)20(26)16-29-21-8-7-17(3)14-18(21)4/h5,7-8,10,13-14,20H,1,6,9,11-12,15-16H2,2-4H3/t20-/m0/s1. The number of hydrogen-bond acceptors (Lipinski definition) is 4. The molecule has 1 aromatic carbocycles. The van der Waals surface area contributed by atoms with E-state index >= 15 is 0 Å². The molecule has 0 fully saturated rings. The maximum atomic E-state index is 13.2. The number of fused-ring (bicyclic) bond motifs is 1. The third kappa shape index (κ3) is 4.93. The van der Waals surface area contributed by atoms with E-state index in [1.165, 1.54) is 10.4 Å². The molecule has 0 spiro atoms. The van der Waals surface area contributed by atoms with Gasteiger partial charge in [0, 0.05) is 24.4 Å². The summed E-state index contributed by atoms with van der Waals surface area (Å²) in [5, 5.41) is 2.08. The van der Waals surface area contributed by atoms with Crippen LogP contribution in [0.25, 0.3) is 0 Å². The summed E-state index contributed by atoms with van der Waals surface area (Å²) in [5.74, 6) is 0.745. The molecule has 1 aromatic heterocycles. The number of aryl methyl sites for hydroxylation is 2. The molecule has 0 unspecified atom stereocenters. The summed E-state index contributed by atoms with van der Waals surface area (Å²) in [7, 11) is 0. The van der Waals surface area contributed by atoms with Crippen LogP contribution < -0.4 is 4.74 Å². The van der Waals surface area contributed by atoms with Crippen molar-refractivity contribution in [3.63, 3.8) is 0 Å². The fourth-order valence-corrected chi connectivity index (χ4v) is 4.82. The van der Waals surface area contributed by atoms with Crippen molar-refractivity contribution in [3.8, 4) is 5.75 Å². The Hall–Kier alpha value is -2.60. The number of thiophene rings is 1. The number of ether oxygens (including phenoxy) is 1. The number of hydrogen-bond donors (Lipinski definition) is 0. The van der Waals surface area contributed by atoms with Crippen LogP contribution in [0.15, 0.2) is 42.3 Å². The van der Waals surface area contributed by atoms with Gasteiger partial charge in [-0.2, -0.15) is 0 Å². The zero-order valence-corrected chi connectivity index (χ0v) is 18.8. The maximum Gasteiger partial charge on any atom is 0.242 e. The van der Waals surface area contributed by atoms with Crippen molar-refractivity contribution in [3.05, 3.63) is 63.9 Å². The highest BCUT2D eigenvalue weighted by Gasteiger charge is 2.33. The minimum atomic E-state index is -0.157. The minimum absolute atomic E-state index is 0.0421. The second-order valence-corrected chi connectivity index (χ2v) is 8.65. The van der Waals surface area contributed by atoms with Crippen LogP contribution in [-0.2, 0) is 16.0 Å². The Labute approximate surface area is 182 Å². The van der Waals surface area contributed by atoms with E-state index in [1.807, 2.05) is 30.9 Å². The Morgan fingerprint density at radius 3 is 2.83 bits per heavy atom. The average Bonchev–Trinajstić information content (AvgIpc) is 3.21. The van der Waals surface area contributed by atoms with Gasteiger partial charge in [-0.15, -0.1) is 17.9 Å². The normalized spacial score (nSPS) is 15.4. The van der Waals surface area contributed by atoms with Gasteiger partial charge in [0.25, 0.3) is 0 Å².